The molecule has 0 unspecified atom stereocenters. The van der Waals surface area contributed by atoms with Crippen LogP contribution in [0.4, 0.5) is 0 Å². The Morgan fingerprint density at radius 3 is 2.78 bits per heavy atom. The first kappa shape index (κ1) is 17.5. The van der Waals surface area contributed by atoms with Crippen molar-refractivity contribution >= 4 is 50.6 Å². The second kappa shape index (κ2) is 7.64. The van der Waals surface area contributed by atoms with Crippen LogP contribution in [0.25, 0.3) is 0 Å². The molecule has 0 aliphatic heterocycles. The Kier molecular flexibility index (Phi) is 5.83. The zero-order chi connectivity index (χ0) is 17.0. The number of rotatable bonds is 4. The van der Waals surface area contributed by atoms with Crippen LogP contribution in [-0.4, -0.2) is 29.4 Å². The fourth-order valence-electron chi connectivity index (χ4n) is 1.74. The van der Waals surface area contributed by atoms with Gasteiger partial charge in [0.1, 0.15) is 5.75 Å². The van der Waals surface area contributed by atoms with Gasteiger partial charge in [-0.3, -0.25) is 4.79 Å². The molecule has 0 radical (unpaired) electrons. The molecule has 0 heterocycles. The number of halogens is 2. The predicted octanol–water partition coefficient (Wildman–Crippen LogP) is 3.24. The first-order valence-corrected chi connectivity index (χ1v) is 8.18. The zero-order valence-electron chi connectivity index (χ0n) is 11.9. The number of carbonyl (C=O) groups excluding carboxylic acids is 1. The van der Waals surface area contributed by atoms with E-state index in [9.17, 15) is 15.0 Å². The van der Waals surface area contributed by atoms with Crippen LogP contribution in [0.2, 0.25) is 0 Å². The molecule has 23 heavy (non-hydrogen) atoms. The van der Waals surface area contributed by atoms with E-state index >= 15 is 0 Å². The van der Waals surface area contributed by atoms with Gasteiger partial charge >= 0.3 is 0 Å². The minimum absolute atomic E-state index is 0.0494. The lowest BCUT2D eigenvalue weighted by Gasteiger charge is -2.06. The third-order valence-electron chi connectivity index (χ3n) is 2.85. The molecule has 0 saturated carbocycles. The summed E-state index contributed by atoms with van der Waals surface area (Å²) in [5.41, 5.74) is 3.08. The maximum Gasteiger partial charge on any atom is 0.275 e. The van der Waals surface area contributed by atoms with Gasteiger partial charge in [0.15, 0.2) is 11.5 Å². The smallest absolute Gasteiger partial charge is 0.275 e. The number of carbonyl (C=O) groups is 1. The van der Waals surface area contributed by atoms with Crippen LogP contribution >= 0.6 is 38.5 Å². The van der Waals surface area contributed by atoms with E-state index in [-0.39, 0.29) is 17.1 Å². The standard InChI is InChI=1S/C15H12BrIN2O4/c1-23-13-5-8(4-11(17)14(13)21)7-18-19-15(22)10-6-9(16)2-3-12(10)20/h2-7,20-21H,1H3,(H,19,22)/b18-7-. The van der Waals surface area contributed by atoms with Gasteiger partial charge in [-0.15, -0.1) is 0 Å². The van der Waals surface area contributed by atoms with Crippen LogP contribution < -0.4 is 10.2 Å². The van der Waals surface area contributed by atoms with Crippen LogP contribution in [0.15, 0.2) is 39.9 Å². The normalized spacial score (nSPS) is 10.7. The molecule has 2 aromatic carbocycles. The quantitative estimate of drug-likeness (QED) is 0.348. The van der Waals surface area contributed by atoms with E-state index in [0.29, 0.717) is 19.4 Å². The summed E-state index contributed by atoms with van der Waals surface area (Å²) in [6.07, 6.45) is 1.41. The molecule has 0 spiro atoms. The molecular formula is C15H12BrIN2O4. The summed E-state index contributed by atoms with van der Waals surface area (Å²) < 4.78 is 6.32. The van der Waals surface area contributed by atoms with E-state index in [0.717, 1.165) is 0 Å². The highest BCUT2D eigenvalue weighted by atomic mass is 127. The van der Waals surface area contributed by atoms with Gasteiger partial charge in [0.05, 0.1) is 22.5 Å². The van der Waals surface area contributed by atoms with Gasteiger partial charge in [0.25, 0.3) is 5.91 Å². The topological polar surface area (TPSA) is 91.2 Å². The van der Waals surface area contributed by atoms with E-state index in [1.807, 2.05) is 22.6 Å². The highest BCUT2D eigenvalue weighted by molar-refractivity contribution is 14.1. The van der Waals surface area contributed by atoms with Gasteiger partial charge in [-0.05, 0) is 58.5 Å². The van der Waals surface area contributed by atoms with Gasteiger partial charge in [0, 0.05) is 4.47 Å². The Hall–Kier alpha value is -1.81. The van der Waals surface area contributed by atoms with Gasteiger partial charge in [-0.1, -0.05) is 15.9 Å². The van der Waals surface area contributed by atoms with Crippen molar-refractivity contribution < 1.29 is 19.7 Å². The molecule has 0 aliphatic rings. The van der Waals surface area contributed by atoms with Crippen molar-refractivity contribution in [2.45, 2.75) is 0 Å². The summed E-state index contributed by atoms with van der Waals surface area (Å²) in [5.74, 6) is -0.315. The van der Waals surface area contributed by atoms with Crippen LogP contribution in [0.3, 0.4) is 0 Å². The Bertz CT molecular complexity index is 780. The average Bonchev–Trinajstić information content (AvgIpc) is 2.52. The molecule has 0 aromatic heterocycles. The number of aromatic hydroxyl groups is 2. The largest absolute Gasteiger partial charge is 0.507 e. The highest BCUT2D eigenvalue weighted by Gasteiger charge is 2.11. The van der Waals surface area contributed by atoms with Crippen molar-refractivity contribution in [2.24, 2.45) is 5.10 Å². The van der Waals surface area contributed by atoms with Crippen LogP contribution in [-0.2, 0) is 0 Å². The number of phenols is 2. The maximum atomic E-state index is 12.0. The molecular weight excluding hydrogens is 479 g/mol. The highest BCUT2D eigenvalue weighted by Crippen LogP contribution is 2.31. The van der Waals surface area contributed by atoms with Gasteiger partial charge in [-0.2, -0.15) is 5.10 Å². The number of ether oxygens (including phenoxy) is 1. The molecule has 0 atom stereocenters. The van der Waals surface area contributed by atoms with Crippen molar-refractivity contribution in [3.05, 3.63) is 49.5 Å². The van der Waals surface area contributed by atoms with Crippen molar-refractivity contribution in [1.29, 1.82) is 0 Å². The number of hydrogen-bond donors (Lipinski definition) is 3. The van der Waals surface area contributed by atoms with Gasteiger partial charge in [0.2, 0.25) is 0 Å². The molecule has 0 fully saturated rings. The van der Waals surface area contributed by atoms with Crippen LogP contribution in [0, 0.1) is 3.57 Å². The van der Waals surface area contributed by atoms with E-state index in [1.165, 1.54) is 25.5 Å². The molecule has 0 bridgehead atoms. The monoisotopic (exact) mass is 490 g/mol. The predicted molar refractivity (Wildman–Crippen MR) is 98.2 cm³/mol. The number of nitrogens with one attached hydrogen (secondary N) is 1. The molecule has 1 amide bonds. The van der Waals surface area contributed by atoms with Crippen molar-refractivity contribution in [2.75, 3.05) is 7.11 Å². The molecule has 0 saturated heterocycles. The fourth-order valence-corrected chi connectivity index (χ4v) is 2.73. The molecule has 2 aromatic rings. The molecule has 2 rings (SSSR count). The number of phenolic OH excluding ortho intramolecular Hbond substituents is 2. The lowest BCUT2D eigenvalue weighted by Crippen LogP contribution is -2.17. The van der Waals surface area contributed by atoms with E-state index in [1.54, 1.807) is 18.2 Å². The maximum absolute atomic E-state index is 12.0. The number of methoxy groups -OCH3 is 1. The first-order chi connectivity index (χ1) is 10.9. The average molecular weight is 491 g/mol. The van der Waals surface area contributed by atoms with E-state index in [4.69, 9.17) is 4.74 Å². The summed E-state index contributed by atoms with van der Waals surface area (Å²) in [4.78, 5) is 12.0. The SMILES string of the molecule is COc1cc(/C=N\NC(=O)c2cc(Br)ccc2O)cc(I)c1O. The van der Waals surface area contributed by atoms with Crippen LogP contribution in [0.1, 0.15) is 15.9 Å². The third-order valence-corrected chi connectivity index (χ3v) is 4.17. The summed E-state index contributed by atoms with van der Waals surface area (Å²) in [5, 5.41) is 23.3. The van der Waals surface area contributed by atoms with Gasteiger partial charge < -0.3 is 14.9 Å². The van der Waals surface area contributed by atoms with Crippen molar-refractivity contribution in [3.63, 3.8) is 0 Å². The number of benzene rings is 2. The lowest BCUT2D eigenvalue weighted by molar-refractivity contribution is 0.0952. The van der Waals surface area contributed by atoms with Crippen LogP contribution in [0.5, 0.6) is 17.2 Å². The van der Waals surface area contributed by atoms with Gasteiger partial charge in [-0.25, -0.2) is 5.43 Å². The van der Waals surface area contributed by atoms with Crippen molar-refractivity contribution in [1.82, 2.24) is 5.43 Å². The summed E-state index contributed by atoms with van der Waals surface area (Å²) in [6, 6.07) is 7.80. The Labute approximate surface area is 154 Å². The molecule has 8 heteroatoms. The molecule has 6 nitrogen and oxygen atoms in total. The Morgan fingerprint density at radius 2 is 2.09 bits per heavy atom. The summed E-state index contributed by atoms with van der Waals surface area (Å²) in [7, 11) is 1.45. The molecule has 3 N–H and O–H groups in total. The lowest BCUT2D eigenvalue weighted by atomic mass is 10.2. The second-order valence-electron chi connectivity index (χ2n) is 4.41. The Balaban J connectivity index is 2.14. The van der Waals surface area contributed by atoms with E-state index < -0.39 is 5.91 Å². The summed E-state index contributed by atoms with van der Waals surface area (Å²) in [6.45, 7) is 0. The first-order valence-electron chi connectivity index (χ1n) is 6.30. The number of amides is 1. The second-order valence-corrected chi connectivity index (χ2v) is 6.49. The molecule has 0 aliphatic carbocycles. The fraction of sp³-hybridized carbons (Fsp3) is 0.0667. The van der Waals surface area contributed by atoms with Crippen molar-refractivity contribution in [3.8, 4) is 17.2 Å². The zero-order valence-corrected chi connectivity index (χ0v) is 15.6. The third kappa shape index (κ3) is 4.35. The number of nitrogens with zero attached hydrogens (tertiary/aromatic N) is 1. The Morgan fingerprint density at radius 1 is 1.35 bits per heavy atom. The number of hydrogen-bond acceptors (Lipinski definition) is 5. The minimum Gasteiger partial charge on any atom is -0.507 e. The van der Waals surface area contributed by atoms with E-state index in [2.05, 4.69) is 26.5 Å². The summed E-state index contributed by atoms with van der Waals surface area (Å²) >= 11 is 5.20. The minimum atomic E-state index is -0.541. The number of hydrazone groups is 1. The molecule has 120 valence electrons.